The topological polar surface area (TPSA) is 21.3 Å². The molecule has 0 aromatic carbocycles. The lowest BCUT2D eigenvalue weighted by atomic mass is 9.96. The van der Waals surface area contributed by atoms with Gasteiger partial charge in [0.25, 0.3) is 0 Å². The summed E-state index contributed by atoms with van der Waals surface area (Å²) in [6.07, 6.45) is 36.5. The lowest BCUT2D eigenvalue weighted by molar-refractivity contribution is 0.125. The van der Waals surface area contributed by atoms with E-state index in [4.69, 9.17) is 4.74 Å². The summed E-state index contributed by atoms with van der Waals surface area (Å²) >= 11 is 0. The fourth-order valence-corrected chi connectivity index (χ4v) is 4.99. The molecule has 0 aliphatic carbocycles. The van der Waals surface area contributed by atoms with E-state index in [-0.39, 0.29) is 0 Å². The average molecular weight is 526 g/mol. The monoisotopic (exact) mass is 526 g/mol. The first-order chi connectivity index (χ1) is 18.2. The quantitative estimate of drug-likeness (QED) is 0.0941. The van der Waals surface area contributed by atoms with Gasteiger partial charge in [0.15, 0.2) is 0 Å². The summed E-state index contributed by atoms with van der Waals surface area (Å²) in [5.41, 5.74) is 0. The Bertz CT molecular complexity index is 327. The molecule has 0 atom stereocenters. The zero-order valence-electron chi connectivity index (χ0n) is 27.0. The van der Waals surface area contributed by atoms with E-state index in [1.807, 2.05) is 7.05 Å². The summed E-state index contributed by atoms with van der Waals surface area (Å²) in [7, 11) is 2.03. The average Bonchev–Trinajstić information content (AvgIpc) is 2.91. The fraction of sp³-hybridized carbons (Fsp3) is 1.00. The first-order valence-corrected chi connectivity index (χ1v) is 17.4. The molecule has 0 saturated carbocycles. The fourth-order valence-electron chi connectivity index (χ4n) is 4.99. The molecule has 0 rings (SSSR count). The predicted octanol–water partition coefficient (Wildman–Crippen LogP) is 12.0. The van der Waals surface area contributed by atoms with E-state index in [2.05, 4.69) is 33.0 Å². The number of nitrogens with one attached hydrogen (secondary N) is 1. The van der Waals surface area contributed by atoms with Gasteiger partial charge in [-0.15, -0.1) is 0 Å². The molecule has 0 amide bonds. The largest absolute Gasteiger partial charge is 0.381 e. The van der Waals surface area contributed by atoms with Crippen molar-refractivity contribution in [1.82, 2.24) is 5.32 Å². The Morgan fingerprint density at radius 2 is 0.757 bits per heavy atom. The van der Waals surface area contributed by atoms with Gasteiger partial charge in [-0.3, -0.25) is 0 Å². The molecule has 0 aromatic heterocycles. The third-order valence-corrected chi connectivity index (χ3v) is 7.71. The van der Waals surface area contributed by atoms with Gasteiger partial charge in [0.2, 0.25) is 0 Å². The maximum atomic E-state index is 5.68. The van der Waals surface area contributed by atoms with Crippen molar-refractivity contribution in [2.24, 2.45) is 5.92 Å². The highest BCUT2D eigenvalue weighted by Gasteiger charge is 2.02. The van der Waals surface area contributed by atoms with Crippen molar-refractivity contribution < 1.29 is 4.74 Å². The lowest BCUT2D eigenvalue weighted by Crippen LogP contribution is -2.06. The van der Waals surface area contributed by atoms with Crippen LogP contribution in [0.4, 0.5) is 0 Å². The van der Waals surface area contributed by atoms with E-state index in [0.717, 1.165) is 19.1 Å². The number of unbranched alkanes of at least 4 members (excludes halogenated alkanes) is 20. The second kappa shape index (κ2) is 38.1. The SMILES string of the molecule is CCCCCCCCC(C)CCCCCCCC.CCCCCCCCOCCCCCCCCNC. The Morgan fingerprint density at radius 3 is 1.14 bits per heavy atom. The van der Waals surface area contributed by atoms with Crippen LogP contribution in [0.3, 0.4) is 0 Å². The van der Waals surface area contributed by atoms with Crippen LogP contribution in [0.25, 0.3) is 0 Å². The molecule has 0 aliphatic rings. The van der Waals surface area contributed by atoms with Gasteiger partial charge in [-0.1, -0.05) is 175 Å². The summed E-state index contributed by atoms with van der Waals surface area (Å²) < 4.78 is 5.68. The van der Waals surface area contributed by atoms with Gasteiger partial charge in [-0.2, -0.15) is 0 Å². The van der Waals surface area contributed by atoms with Crippen LogP contribution in [-0.4, -0.2) is 26.8 Å². The molecular weight excluding hydrogens is 450 g/mol. The van der Waals surface area contributed by atoms with Crippen LogP contribution in [0.1, 0.15) is 195 Å². The summed E-state index contributed by atoms with van der Waals surface area (Å²) in [6.45, 7) is 12.4. The van der Waals surface area contributed by atoms with Crippen LogP contribution in [-0.2, 0) is 4.74 Å². The molecular formula is C35H75NO. The molecule has 0 heterocycles. The van der Waals surface area contributed by atoms with Crippen molar-refractivity contribution in [2.45, 2.75) is 195 Å². The Hall–Kier alpha value is -0.0800. The smallest absolute Gasteiger partial charge is 0.0466 e. The van der Waals surface area contributed by atoms with Crippen LogP contribution in [0.2, 0.25) is 0 Å². The van der Waals surface area contributed by atoms with Crippen molar-refractivity contribution in [1.29, 1.82) is 0 Å². The Balaban J connectivity index is 0. The Morgan fingerprint density at radius 1 is 0.432 bits per heavy atom. The van der Waals surface area contributed by atoms with Crippen LogP contribution in [0.15, 0.2) is 0 Å². The predicted molar refractivity (Wildman–Crippen MR) is 171 cm³/mol. The highest BCUT2D eigenvalue weighted by atomic mass is 16.5. The van der Waals surface area contributed by atoms with Gasteiger partial charge < -0.3 is 10.1 Å². The van der Waals surface area contributed by atoms with Gasteiger partial charge in [0, 0.05) is 13.2 Å². The van der Waals surface area contributed by atoms with Crippen molar-refractivity contribution in [2.75, 3.05) is 26.8 Å². The summed E-state index contributed by atoms with van der Waals surface area (Å²) in [4.78, 5) is 0. The van der Waals surface area contributed by atoms with Crippen LogP contribution in [0.5, 0.6) is 0 Å². The molecule has 0 spiro atoms. The van der Waals surface area contributed by atoms with Gasteiger partial charge in [0.1, 0.15) is 0 Å². The van der Waals surface area contributed by atoms with E-state index >= 15 is 0 Å². The second-order valence-corrected chi connectivity index (χ2v) is 11.8. The molecule has 2 nitrogen and oxygen atoms in total. The van der Waals surface area contributed by atoms with Gasteiger partial charge in [0.05, 0.1) is 0 Å². The van der Waals surface area contributed by atoms with Gasteiger partial charge in [-0.05, 0) is 38.8 Å². The van der Waals surface area contributed by atoms with Crippen molar-refractivity contribution in [3.63, 3.8) is 0 Å². The minimum Gasteiger partial charge on any atom is -0.381 e. The third kappa shape index (κ3) is 40.6. The van der Waals surface area contributed by atoms with E-state index < -0.39 is 0 Å². The zero-order chi connectivity index (χ0) is 27.5. The summed E-state index contributed by atoms with van der Waals surface area (Å²) in [6, 6.07) is 0. The molecule has 0 aliphatic heterocycles. The number of ether oxygens (including phenoxy) is 1. The van der Waals surface area contributed by atoms with Crippen LogP contribution in [0, 0.1) is 5.92 Å². The highest BCUT2D eigenvalue weighted by molar-refractivity contribution is 4.55. The normalized spacial score (nSPS) is 11.2. The Labute approximate surface area is 237 Å². The summed E-state index contributed by atoms with van der Waals surface area (Å²) in [5, 5.41) is 3.19. The second-order valence-electron chi connectivity index (χ2n) is 11.8. The molecule has 37 heavy (non-hydrogen) atoms. The van der Waals surface area contributed by atoms with Crippen molar-refractivity contribution in [3.05, 3.63) is 0 Å². The van der Waals surface area contributed by atoms with Crippen LogP contribution < -0.4 is 5.32 Å². The van der Waals surface area contributed by atoms with Gasteiger partial charge in [-0.25, -0.2) is 0 Å². The third-order valence-electron chi connectivity index (χ3n) is 7.71. The molecule has 0 saturated heterocycles. The molecule has 0 unspecified atom stereocenters. The molecule has 2 heteroatoms. The standard InChI is InChI=1S/C18H38.C17H37NO/c1-4-6-8-10-12-14-16-18(3)17-15-13-11-9-7-5-2;1-3-4-5-6-10-13-16-19-17-14-11-8-7-9-12-15-18-2/h18H,4-17H2,1-3H3;18H,3-17H2,1-2H3. The van der Waals surface area contributed by atoms with E-state index in [1.54, 1.807) is 0 Å². The lowest BCUT2D eigenvalue weighted by Gasteiger charge is -2.10. The highest BCUT2D eigenvalue weighted by Crippen LogP contribution is 2.18. The maximum Gasteiger partial charge on any atom is 0.0466 e. The van der Waals surface area contributed by atoms with Crippen LogP contribution >= 0.6 is 0 Å². The Kier molecular flexibility index (Phi) is 40.2. The molecule has 1 N–H and O–H groups in total. The molecule has 226 valence electrons. The first kappa shape index (κ1) is 39.1. The van der Waals surface area contributed by atoms with Crippen molar-refractivity contribution >= 4 is 0 Å². The minimum atomic E-state index is 0.974. The summed E-state index contributed by atoms with van der Waals surface area (Å²) in [5.74, 6) is 0.974. The molecule has 0 bridgehead atoms. The van der Waals surface area contributed by atoms with E-state index in [9.17, 15) is 0 Å². The molecule has 0 fully saturated rings. The number of rotatable bonds is 30. The first-order valence-electron chi connectivity index (χ1n) is 17.4. The van der Waals surface area contributed by atoms with Gasteiger partial charge >= 0.3 is 0 Å². The number of hydrogen-bond acceptors (Lipinski definition) is 2. The maximum absolute atomic E-state index is 5.68. The molecule has 0 aromatic rings. The van der Waals surface area contributed by atoms with Crippen molar-refractivity contribution in [3.8, 4) is 0 Å². The van der Waals surface area contributed by atoms with E-state index in [0.29, 0.717) is 0 Å². The van der Waals surface area contributed by atoms with E-state index in [1.165, 1.54) is 173 Å². The zero-order valence-corrected chi connectivity index (χ0v) is 27.0. The number of hydrogen-bond donors (Lipinski definition) is 1. The minimum absolute atomic E-state index is 0.974. The molecule has 0 radical (unpaired) electrons.